The van der Waals surface area contributed by atoms with Crippen LogP contribution in [-0.2, 0) is 19.0 Å². The normalized spacial score (nSPS) is 22.4. The number of morpholine rings is 1. The summed E-state index contributed by atoms with van der Waals surface area (Å²) in [5, 5.41) is 0.905. The summed E-state index contributed by atoms with van der Waals surface area (Å²) in [5.74, 6) is 0.730. The lowest BCUT2D eigenvalue weighted by Crippen LogP contribution is -2.45. The summed E-state index contributed by atoms with van der Waals surface area (Å²) in [7, 11) is 0. The Kier molecular flexibility index (Phi) is 6.03. The molecule has 1 spiro atoms. The first-order valence-electron chi connectivity index (χ1n) is 9.19. The summed E-state index contributed by atoms with van der Waals surface area (Å²) in [6, 6.07) is 1.77. The third-order valence-corrected chi connectivity index (χ3v) is 6.04. The molecule has 148 valence electrons. The predicted octanol–water partition coefficient (Wildman–Crippen LogP) is 1.42. The van der Waals surface area contributed by atoms with Crippen molar-refractivity contribution in [2.45, 2.75) is 23.8 Å². The Morgan fingerprint density at radius 2 is 1.81 bits per heavy atom. The molecule has 0 bridgehead atoms. The van der Waals surface area contributed by atoms with E-state index < -0.39 is 5.79 Å². The number of nitrogens with zero attached hydrogens (tertiary/aromatic N) is 4. The van der Waals surface area contributed by atoms with Crippen LogP contribution in [0.1, 0.15) is 12.8 Å². The maximum atomic E-state index is 12.3. The molecule has 0 radical (unpaired) electrons. The van der Waals surface area contributed by atoms with Gasteiger partial charge in [0.1, 0.15) is 11.0 Å². The zero-order chi connectivity index (χ0) is 18.7. The number of thioether (sulfide) groups is 1. The molecule has 0 atom stereocenters. The number of amides is 1. The predicted molar refractivity (Wildman–Crippen MR) is 101 cm³/mol. The van der Waals surface area contributed by atoms with Gasteiger partial charge in [0, 0.05) is 45.1 Å². The van der Waals surface area contributed by atoms with Crippen molar-refractivity contribution in [1.29, 1.82) is 0 Å². The van der Waals surface area contributed by atoms with E-state index in [1.165, 1.54) is 11.8 Å². The first kappa shape index (κ1) is 19.2. The van der Waals surface area contributed by atoms with Gasteiger partial charge in [0.15, 0.2) is 10.9 Å². The smallest absolute Gasteiger partial charge is 0.233 e. The van der Waals surface area contributed by atoms with Crippen LogP contribution < -0.4 is 4.90 Å². The molecule has 0 aliphatic carbocycles. The minimum atomic E-state index is -0.421. The first-order valence-corrected chi connectivity index (χ1v) is 10.6. The fourth-order valence-corrected chi connectivity index (χ4v) is 4.49. The van der Waals surface area contributed by atoms with Crippen molar-refractivity contribution in [1.82, 2.24) is 14.9 Å². The van der Waals surface area contributed by atoms with Gasteiger partial charge in [-0.15, -0.1) is 0 Å². The van der Waals surface area contributed by atoms with Crippen LogP contribution in [-0.4, -0.2) is 84.9 Å². The highest BCUT2D eigenvalue weighted by Crippen LogP contribution is 2.33. The highest BCUT2D eigenvalue weighted by molar-refractivity contribution is 7.99. The van der Waals surface area contributed by atoms with Crippen LogP contribution in [0.5, 0.6) is 0 Å². The van der Waals surface area contributed by atoms with Crippen molar-refractivity contribution >= 4 is 35.1 Å². The highest BCUT2D eigenvalue weighted by Gasteiger charge is 2.40. The summed E-state index contributed by atoms with van der Waals surface area (Å²) >= 11 is 7.52. The number of ether oxygens (including phenoxy) is 3. The van der Waals surface area contributed by atoms with E-state index in [9.17, 15) is 4.79 Å². The van der Waals surface area contributed by atoms with Crippen LogP contribution in [0.2, 0.25) is 5.15 Å². The number of hydrogen-bond donors (Lipinski definition) is 0. The maximum Gasteiger partial charge on any atom is 0.233 e. The summed E-state index contributed by atoms with van der Waals surface area (Å²) < 4.78 is 16.8. The topological polar surface area (TPSA) is 77.0 Å². The van der Waals surface area contributed by atoms with E-state index in [4.69, 9.17) is 25.8 Å². The maximum absolute atomic E-state index is 12.3. The Hall–Kier alpha value is -1.13. The van der Waals surface area contributed by atoms with Crippen molar-refractivity contribution < 1.29 is 19.0 Å². The molecule has 3 aliphatic heterocycles. The van der Waals surface area contributed by atoms with Gasteiger partial charge < -0.3 is 24.0 Å². The van der Waals surface area contributed by atoms with E-state index in [1.807, 2.05) is 4.90 Å². The molecule has 3 fully saturated rings. The third kappa shape index (κ3) is 4.65. The van der Waals surface area contributed by atoms with Gasteiger partial charge in [0.25, 0.3) is 0 Å². The van der Waals surface area contributed by atoms with Crippen LogP contribution in [0.3, 0.4) is 0 Å². The van der Waals surface area contributed by atoms with Gasteiger partial charge in [0.05, 0.1) is 32.2 Å². The lowest BCUT2D eigenvalue weighted by atomic mass is 10.0. The van der Waals surface area contributed by atoms with Gasteiger partial charge >= 0.3 is 0 Å². The van der Waals surface area contributed by atoms with Crippen LogP contribution in [0.4, 0.5) is 5.82 Å². The zero-order valence-electron chi connectivity index (χ0n) is 15.1. The van der Waals surface area contributed by atoms with Gasteiger partial charge in [0.2, 0.25) is 5.91 Å². The monoisotopic (exact) mass is 414 g/mol. The quantitative estimate of drug-likeness (QED) is 0.416. The molecule has 3 aliphatic rings. The Morgan fingerprint density at radius 3 is 2.52 bits per heavy atom. The van der Waals surface area contributed by atoms with E-state index in [2.05, 4.69) is 14.9 Å². The van der Waals surface area contributed by atoms with E-state index in [1.54, 1.807) is 6.07 Å². The number of halogens is 1. The molecule has 0 saturated carbocycles. The molecular weight excluding hydrogens is 392 g/mol. The number of anilines is 1. The van der Waals surface area contributed by atoms with Crippen LogP contribution >= 0.6 is 23.4 Å². The van der Waals surface area contributed by atoms with Gasteiger partial charge in [-0.1, -0.05) is 23.4 Å². The number of piperidine rings is 1. The van der Waals surface area contributed by atoms with Gasteiger partial charge in [-0.25, -0.2) is 9.97 Å². The Bertz CT molecular complexity index is 673. The largest absolute Gasteiger partial charge is 0.378 e. The minimum Gasteiger partial charge on any atom is -0.378 e. The molecule has 1 amide bonds. The lowest BCUT2D eigenvalue weighted by Gasteiger charge is -2.38. The number of carbonyl (C=O) groups excluding carboxylic acids is 1. The fourth-order valence-electron chi connectivity index (χ4n) is 3.50. The number of hydrogen-bond acceptors (Lipinski definition) is 8. The van der Waals surface area contributed by atoms with Crippen molar-refractivity contribution in [3.05, 3.63) is 11.2 Å². The van der Waals surface area contributed by atoms with E-state index in [-0.39, 0.29) is 5.91 Å². The number of carbonyl (C=O) groups is 1. The number of rotatable bonds is 4. The van der Waals surface area contributed by atoms with Gasteiger partial charge in [-0.2, -0.15) is 0 Å². The summed E-state index contributed by atoms with van der Waals surface area (Å²) in [6.45, 7) is 5.36. The average Bonchev–Trinajstić information content (AvgIpc) is 3.15. The van der Waals surface area contributed by atoms with Crippen LogP contribution in [0.25, 0.3) is 0 Å². The van der Waals surface area contributed by atoms with Gasteiger partial charge in [-0.3, -0.25) is 4.79 Å². The van der Waals surface area contributed by atoms with E-state index >= 15 is 0 Å². The molecule has 0 N–H and O–H groups in total. The molecule has 27 heavy (non-hydrogen) atoms. The Labute approximate surface area is 167 Å². The van der Waals surface area contributed by atoms with E-state index in [0.29, 0.717) is 55.6 Å². The Balaban J connectivity index is 1.36. The average molecular weight is 415 g/mol. The highest BCUT2D eigenvalue weighted by atomic mass is 35.5. The summed E-state index contributed by atoms with van der Waals surface area (Å²) in [4.78, 5) is 25.2. The van der Waals surface area contributed by atoms with Crippen LogP contribution in [0, 0.1) is 0 Å². The minimum absolute atomic E-state index is 0.0730. The van der Waals surface area contributed by atoms with Crippen molar-refractivity contribution in [3.63, 3.8) is 0 Å². The molecular formula is C17H23ClN4O4S. The fraction of sp³-hybridized carbons (Fsp3) is 0.706. The second kappa shape index (κ2) is 8.48. The van der Waals surface area contributed by atoms with E-state index in [0.717, 1.165) is 31.7 Å². The van der Waals surface area contributed by atoms with Gasteiger partial charge in [-0.05, 0) is 0 Å². The summed E-state index contributed by atoms with van der Waals surface area (Å²) in [6.07, 6.45) is 1.60. The Morgan fingerprint density at radius 1 is 1.11 bits per heavy atom. The molecule has 1 aromatic rings. The zero-order valence-corrected chi connectivity index (χ0v) is 16.6. The standard InChI is InChI=1S/C17H23ClN4O4S/c18-13-11-14(21-3-1-17(2-4-21)25-9-10-26-17)20-16(19-13)27-12-15(23)22-5-7-24-8-6-22/h11H,1-10,12H2. The summed E-state index contributed by atoms with van der Waals surface area (Å²) in [5.41, 5.74) is 0. The number of aromatic nitrogens is 2. The van der Waals surface area contributed by atoms with Crippen molar-refractivity contribution in [3.8, 4) is 0 Å². The molecule has 0 unspecified atom stereocenters. The SMILES string of the molecule is O=C(CSc1nc(Cl)cc(N2CCC3(CC2)OCCO3)n1)N1CCOCC1. The van der Waals surface area contributed by atoms with Crippen molar-refractivity contribution in [2.24, 2.45) is 0 Å². The second-order valence-electron chi connectivity index (χ2n) is 6.71. The second-order valence-corrected chi connectivity index (χ2v) is 8.04. The molecule has 8 nitrogen and oxygen atoms in total. The van der Waals surface area contributed by atoms with Crippen LogP contribution in [0.15, 0.2) is 11.2 Å². The lowest BCUT2D eigenvalue weighted by molar-refractivity contribution is -0.169. The molecule has 3 saturated heterocycles. The molecule has 4 rings (SSSR count). The molecule has 10 heteroatoms. The molecule has 4 heterocycles. The first-order chi connectivity index (χ1) is 13.1. The molecule has 0 aromatic carbocycles. The molecule has 1 aromatic heterocycles. The third-order valence-electron chi connectivity index (χ3n) is 5.01. The van der Waals surface area contributed by atoms with Crippen molar-refractivity contribution in [2.75, 3.05) is 63.3 Å².